The molecule has 0 N–H and O–H groups in total. The first-order chi connectivity index (χ1) is 12.1. The van der Waals surface area contributed by atoms with Crippen molar-refractivity contribution >= 4 is 0 Å². The maximum absolute atomic E-state index is 13.3. The van der Waals surface area contributed by atoms with Crippen LogP contribution in [0.3, 0.4) is 0 Å². The lowest BCUT2D eigenvalue weighted by Gasteiger charge is -2.21. The zero-order chi connectivity index (χ0) is 17.6. The lowest BCUT2D eigenvalue weighted by atomic mass is 10.2. The van der Waals surface area contributed by atoms with Gasteiger partial charge in [0.05, 0.1) is 6.54 Å². The van der Waals surface area contributed by atoms with Crippen LogP contribution < -0.4 is 0 Å². The quantitative estimate of drug-likeness (QED) is 0.800. The number of nitrogens with zero attached hydrogens (tertiary/aromatic N) is 4. The van der Waals surface area contributed by atoms with Crippen molar-refractivity contribution in [3.05, 3.63) is 47.4 Å². The molecule has 1 atom stereocenters. The zero-order valence-corrected chi connectivity index (χ0v) is 14.8. The summed E-state index contributed by atoms with van der Waals surface area (Å²) in [4.78, 5) is 9.08. The molecule has 2 aromatic rings. The number of ether oxygens (including phenoxy) is 1. The van der Waals surface area contributed by atoms with E-state index in [4.69, 9.17) is 9.26 Å². The van der Waals surface area contributed by atoms with E-state index in [0.717, 1.165) is 44.7 Å². The number of halogens is 1. The minimum Gasteiger partial charge on any atom is -0.374 e. The Hall–Kier alpha value is -1.83. The maximum Gasteiger partial charge on any atom is 0.240 e. The molecule has 0 bridgehead atoms. The first kappa shape index (κ1) is 18.0. The molecule has 1 aromatic heterocycles. The predicted molar refractivity (Wildman–Crippen MR) is 91.3 cm³/mol. The predicted octanol–water partition coefficient (Wildman–Crippen LogP) is 2.62. The largest absolute Gasteiger partial charge is 0.374 e. The van der Waals surface area contributed by atoms with Crippen molar-refractivity contribution in [2.24, 2.45) is 0 Å². The van der Waals surface area contributed by atoms with Crippen molar-refractivity contribution in [1.29, 1.82) is 0 Å². The van der Waals surface area contributed by atoms with Gasteiger partial charge >= 0.3 is 0 Å². The van der Waals surface area contributed by atoms with Gasteiger partial charge < -0.3 is 9.26 Å². The van der Waals surface area contributed by atoms with Crippen molar-refractivity contribution in [3.8, 4) is 0 Å². The van der Waals surface area contributed by atoms with Gasteiger partial charge in [0.25, 0.3) is 0 Å². The molecular weight excluding hydrogens is 323 g/mol. The van der Waals surface area contributed by atoms with Crippen molar-refractivity contribution in [3.63, 3.8) is 0 Å². The van der Waals surface area contributed by atoms with E-state index in [1.807, 2.05) is 13.0 Å². The topological polar surface area (TPSA) is 54.6 Å². The number of benzene rings is 1. The van der Waals surface area contributed by atoms with E-state index in [1.54, 1.807) is 19.2 Å². The van der Waals surface area contributed by atoms with E-state index in [2.05, 4.69) is 19.9 Å². The molecule has 0 spiro atoms. The number of hydrogen-bond acceptors (Lipinski definition) is 6. The van der Waals surface area contributed by atoms with Crippen LogP contribution in [0.25, 0.3) is 0 Å². The van der Waals surface area contributed by atoms with Crippen LogP contribution in [0.2, 0.25) is 0 Å². The lowest BCUT2D eigenvalue weighted by molar-refractivity contribution is 0.109. The monoisotopic (exact) mass is 348 g/mol. The van der Waals surface area contributed by atoms with Crippen LogP contribution in [0.4, 0.5) is 4.39 Å². The number of methoxy groups -OCH3 is 1. The van der Waals surface area contributed by atoms with E-state index in [-0.39, 0.29) is 11.9 Å². The smallest absolute Gasteiger partial charge is 0.240 e. The molecule has 0 saturated carbocycles. The first-order valence-corrected chi connectivity index (χ1v) is 8.68. The second kappa shape index (κ2) is 8.51. The van der Waals surface area contributed by atoms with Crippen molar-refractivity contribution in [2.75, 3.05) is 33.3 Å². The van der Waals surface area contributed by atoms with Gasteiger partial charge in [-0.05, 0) is 44.1 Å². The lowest BCUT2D eigenvalue weighted by Crippen LogP contribution is -2.30. The summed E-state index contributed by atoms with van der Waals surface area (Å²) in [5, 5.41) is 3.97. The SMILES string of the molecule is CO[C@@H](C)c1noc(CN2CCCN(Cc3cccc(F)c3)CC2)n1. The second-order valence-corrected chi connectivity index (χ2v) is 6.46. The molecule has 25 heavy (non-hydrogen) atoms. The molecule has 3 rings (SSSR count). The highest BCUT2D eigenvalue weighted by Crippen LogP contribution is 2.15. The van der Waals surface area contributed by atoms with Crippen LogP contribution in [0.1, 0.15) is 36.7 Å². The summed E-state index contributed by atoms with van der Waals surface area (Å²) >= 11 is 0. The van der Waals surface area contributed by atoms with Gasteiger partial charge in [0.2, 0.25) is 5.89 Å². The van der Waals surface area contributed by atoms with E-state index in [0.29, 0.717) is 18.3 Å². The summed E-state index contributed by atoms with van der Waals surface area (Å²) < 4.78 is 23.9. The van der Waals surface area contributed by atoms with Crippen molar-refractivity contribution < 1.29 is 13.7 Å². The minimum atomic E-state index is -0.175. The molecule has 1 fully saturated rings. The number of aromatic nitrogens is 2. The molecule has 0 radical (unpaired) electrons. The van der Waals surface area contributed by atoms with E-state index in [9.17, 15) is 4.39 Å². The number of hydrogen-bond donors (Lipinski definition) is 0. The molecular formula is C18H25FN4O2. The summed E-state index contributed by atoms with van der Waals surface area (Å²) in [6.07, 6.45) is 0.897. The Balaban J connectivity index is 1.52. The summed E-state index contributed by atoms with van der Waals surface area (Å²) in [5.41, 5.74) is 1.02. The summed E-state index contributed by atoms with van der Waals surface area (Å²) in [6, 6.07) is 6.84. The Morgan fingerprint density at radius 3 is 2.68 bits per heavy atom. The Morgan fingerprint density at radius 1 is 1.20 bits per heavy atom. The Morgan fingerprint density at radius 2 is 1.96 bits per heavy atom. The van der Waals surface area contributed by atoms with Gasteiger partial charge in [-0.3, -0.25) is 9.80 Å². The fourth-order valence-corrected chi connectivity index (χ4v) is 3.03. The number of rotatable bonds is 6. The van der Waals surface area contributed by atoms with E-state index in [1.165, 1.54) is 6.07 Å². The van der Waals surface area contributed by atoms with Gasteiger partial charge in [0, 0.05) is 26.7 Å². The third kappa shape index (κ3) is 5.07. The van der Waals surface area contributed by atoms with Crippen LogP contribution in [0.5, 0.6) is 0 Å². The van der Waals surface area contributed by atoms with Crippen molar-refractivity contribution in [2.45, 2.75) is 32.5 Å². The molecule has 136 valence electrons. The molecule has 1 aromatic carbocycles. The summed E-state index contributed by atoms with van der Waals surface area (Å²) in [7, 11) is 1.63. The van der Waals surface area contributed by atoms with Crippen LogP contribution in [0.15, 0.2) is 28.8 Å². The van der Waals surface area contributed by atoms with Crippen LogP contribution in [0, 0.1) is 5.82 Å². The molecule has 0 amide bonds. The van der Waals surface area contributed by atoms with E-state index < -0.39 is 0 Å². The summed E-state index contributed by atoms with van der Waals surface area (Å²) in [5.74, 6) is 1.03. The third-order valence-corrected chi connectivity index (χ3v) is 4.54. The highest BCUT2D eigenvalue weighted by molar-refractivity contribution is 5.16. The highest BCUT2D eigenvalue weighted by atomic mass is 19.1. The second-order valence-electron chi connectivity index (χ2n) is 6.46. The molecule has 2 heterocycles. The Kier molecular flexibility index (Phi) is 6.12. The normalized spacial score (nSPS) is 18.2. The standard InChI is InChI=1S/C18H25FN4O2/c1-14(24-2)18-20-17(25-21-18)13-23-8-4-7-22(9-10-23)12-15-5-3-6-16(19)11-15/h3,5-6,11,14H,4,7-10,12-13H2,1-2H3/t14-/m0/s1. The maximum atomic E-state index is 13.3. The molecule has 7 heteroatoms. The molecule has 6 nitrogen and oxygen atoms in total. The average Bonchev–Trinajstić information content (AvgIpc) is 2.96. The van der Waals surface area contributed by atoms with E-state index >= 15 is 0 Å². The van der Waals surface area contributed by atoms with Gasteiger partial charge in [-0.25, -0.2) is 4.39 Å². The molecule has 0 aliphatic carbocycles. The Labute approximate surface area is 147 Å². The average molecular weight is 348 g/mol. The molecule has 1 aliphatic rings. The summed E-state index contributed by atoms with van der Waals surface area (Å²) in [6.45, 7) is 7.17. The van der Waals surface area contributed by atoms with Gasteiger partial charge in [-0.1, -0.05) is 17.3 Å². The molecule has 1 saturated heterocycles. The zero-order valence-electron chi connectivity index (χ0n) is 14.8. The third-order valence-electron chi connectivity index (χ3n) is 4.54. The van der Waals surface area contributed by atoms with Gasteiger partial charge in [-0.2, -0.15) is 4.98 Å². The van der Waals surface area contributed by atoms with Crippen molar-refractivity contribution in [1.82, 2.24) is 19.9 Å². The van der Waals surface area contributed by atoms with Crippen LogP contribution in [-0.4, -0.2) is 53.2 Å². The molecule has 1 aliphatic heterocycles. The van der Waals surface area contributed by atoms with Crippen LogP contribution in [-0.2, 0) is 17.8 Å². The molecule has 0 unspecified atom stereocenters. The van der Waals surface area contributed by atoms with Gasteiger partial charge in [0.15, 0.2) is 5.82 Å². The fraction of sp³-hybridized carbons (Fsp3) is 0.556. The first-order valence-electron chi connectivity index (χ1n) is 8.68. The van der Waals surface area contributed by atoms with Crippen LogP contribution >= 0.6 is 0 Å². The fourth-order valence-electron chi connectivity index (χ4n) is 3.03. The highest BCUT2D eigenvalue weighted by Gasteiger charge is 2.19. The Bertz CT molecular complexity index is 679. The van der Waals surface area contributed by atoms with Gasteiger partial charge in [-0.15, -0.1) is 0 Å². The van der Waals surface area contributed by atoms with Gasteiger partial charge in [0.1, 0.15) is 11.9 Å². The minimum absolute atomic E-state index is 0.164.